The molecule has 1 heterocycles. The zero-order valence-electron chi connectivity index (χ0n) is 14.2. The van der Waals surface area contributed by atoms with Gasteiger partial charge in [-0.3, -0.25) is 4.90 Å². The number of likely N-dealkylation sites (tertiary alicyclic amines) is 1. The molecule has 0 bridgehead atoms. The van der Waals surface area contributed by atoms with Crippen molar-refractivity contribution in [2.24, 2.45) is 0 Å². The summed E-state index contributed by atoms with van der Waals surface area (Å²) in [6.07, 6.45) is 1.86. The van der Waals surface area contributed by atoms with E-state index in [1.807, 2.05) is 18.2 Å². The molecule has 2 rings (SSSR count). The van der Waals surface area contributed by atoms with Gasteiger partial charge in [-0.2, -0.15) is 0 Å². The van der Waals surface area contributed by atoms with Crippen molar-refractivity contribution in [3.05, 3.63) is 35.9 Å². The molecule has 1 saturated heterocycles. The molecular formula is C18H29N3O2. The van der Waals surface area contributed by atoms with Crippen LogP contribution in [0, 0.1) is 0 Å². The van der Waals surface area contributed by atoms with Crippen LogP contribution >= 0.6 is 0 Å². The van der Waals surface area contributed by atoms with E-state index in [1.165, 1.54) is 5.56 Å². The molecule has 1 aliphatic rings. The third-order valence-electron chi connectivity index (χ3n) is 4.73. The summed E-state index contributed by atoms with van der Waals surface area (Å²) in [7, 11) is 0. The number of benzene rings is 1. The summed E-state index contributed by atoms with van der Waals surface area (Å²) in [4.78, 5) is 16.6. The molecule has 0 aliphatic carbocycles. The largest absolute Gasteiger partial charge is 0.394 e. The molecule has 0 saturated carbocycles. The lowest BCUT2D eigenvalue weighted by Gasteiger charge is -2.31. The Kier molecular flexibility index (Phi) is 6.86. The maximum atomic E-state index is 12.4. The summed E-state index contributed by atoms with van der Waals surface area (Å²) in [5, 5.41) is 12.4. The van der Waals surface area contributed by atoms with Gasteiger partial charge in [-0.1, -0.05) is 44.2 Å². The van der Waals surface area contributed by atoms with Gasteiger partial charge in [-0.15, -0.1) is 0 Å². The lowest BCUT2D eigenvalue weighted by molar-refractivity contribution is 0.152. The molecule has 1 aromatic rings. The van der Waals surface area contributed by atoms with E-state index in [4.69, 9.17) is 0 Å². The lowest BCUT2D eigenvalue weighted by atomic mass is 10.1. The number of hydrogen-bond acceptors (Lipinski definition) is 3. The summed E-state index contributed by atoms with van der Waals surface area (Å²) < 4.78 is 0. The minimum Gasteiger partial charge on any atom is -0.394 e. The van der Waals surface area contributed by atoms with Crippen molar-refractivity contribution in [3.8, 4) is 0 Å². The third-order valence-corrected chi connectivity index (χ3v) is 4.73. The Bertz CT molecular complexity index is 476. The van der Waals surface area contributed by atoms with Gasteiger partial charge in [-0.25, -0.2) is 4.79 Å². The number of nitrogens with one attached hydrogen (secondary N) is 1. The first-order valence-corrected chi connectivity index (χ1v) is 8.65. The van der Waals surface area contributed by atoms with E-state index in [-0.39, 0.29) is 24.7 Å². The highest BCUT2D eigenvalue weighted by Gasteiger charge is 2.28. The monoisotopic (exact) mass is 319 g/mol. The normalized spacial score (nSPS) is 19.1. The topological polar surface area (TPSA) is 55.8 Å². The molecule has 2 atom stereocenters. The number of aliphatic hydroxyl groups excluding tert-OH is 1. The molecule has 5 nitrogen and oxygen atoms in total. The average Bonchev–Trinajstić information content (AvgIpc) is 3.08. The fraction of sp³-hybridized carbons (Fsp3) is 0.611. The molecule has 2 N–H and O–H groups in total. The molecule has 1 aliphatic heterocycles. The standard InChI is InChI=1S/C18H29N3O2/c1-3-20(4-2)17(15-9-6-5-7-10-15)13-19-18(23)21-12-8-11-16(21)14-22/h5-7,9-10,16-17,22H,3-4,8,11-14H2,1-2H3,(H,19,23)/t16-,17?/m0/s1. The van der Waals surface area contributed by atoms with E-state index in [0.717, 1.165) is 32.5 Å². The molecule has 2 amide bonds. The predicted octanol–water partition coefficient (Wildman–Crippen LogP) is 2.24. The van der Waals surface area contributed by atoms with Crippen LogP contribution in [0.1, 0.15) is 38.3 Å². The van der Waals surface area contributed by atoms with E-state index in [9.17, 15) is 9.90 Å². The molecule has 5 heteroatoms. The molecule has 1 unspecified atom stereocenters. The smallest absolute Gasteiger partial charge is 0.317 e. The fourth-order valence-electron chi connectivity index (χ4n) is 3.38. The van der Waals surface area contributed by atoms with Gasteiger partial charge in [0.15, 0.2) is 0 Å². The van der Waals surface area contributed by atoms with Crippen LogP contribution in [0.5, 0.6) is 0 Å². The van der Waals surface area contributed by atoms with E-state index in [2.05, 4.69) is 36.2 Å². The Morgan fingerprint density at radius 3 is 2.65 bits per heavy atom. The number of amides is 2. The van der Waals surface area contributed by atoms with Crippen LogP contribution in [0.15, 0.2) is 30.3 Å². The SMILES string of the molecule is CCN(CC)C(CNC(=O)N1CCC[C@H]1CO)c1ccccc1. The predicted molar refractivity (Wildman–Crippen MR) is 92.3 cm³/mol. The van der Waals surface area contributed by atoms with Crippen LogP contribution in [0.3, 0.4) is 0 Å². The van der Waals surface area contributed by atoms with Gasteiger partial charge in [0.2, 0.25) is 0 Å². The maximum Gasteiger partial charge on any atom is 0.317 e. The second-order valence-electron chi connectivity index (χ2n) is 6.01. The quantitative estimate of drug-likeness (QED) is 0.810. The second kappa shape index (κ2) is 8.89. The number of carbonyl (C=O) groups is 1. The number of nitrogens with zero attached hydrogens (tertiary/aromatic N) is 2. The Hall–Kier alpha value is -1.59. The van der Waals surface area contributed by atoms with Crippen LogP contribution in [0.25, 0.3) is 0 Å². The number of rotatable bonds is 7. The summed E-state index contributed by atoms with van der Waals surface area (Å²) in [6, 6.07) is 10.4. The lowest BCUT2D eigenvalue weighted by Crippen LogP contribution is -2.47. The van der Waals surface area contributed by atoms with Gasteiger partial charge in [0.1, 0.15) is 0 Å². The Labute approximate surface area is 139 Å². The van der Waals surface area contributed by atoms with E-state index < -0.39 is 0 Å². The first kappa shape index (κ1) is 17.8. The van der Waals surface area contributed by atoms with Crippen molar-refractivity contribution in [2.75, 3.05) is 32.8 Å². The van der Waals surface area contributed by atoms with Gasteiger partial charge < -0.3 is 15.3 Å². The number of carbonyl (C=O) groups excluding carboxylic acids is 1. The Morgan fingerprint density at radius 2 is 2.04 bits per heavy atom. The summed E-state index contributed by atoms with van der Waals surface area (Å²) in [5.41, 5.74) is 1.22. The number of likely N-dealkylation sites (N-methyl/N-ethyl adjacent to an activating group) is 1. The first-order chi connectivity index (χ1) is 11.2. The van der Waals surface area contributed by atoms with Crippen molar-refractivity contribution < 1.29 is 9.90 Å². The van der Waals surface area contributed by atoms with Crippen molar-refractivity contribution in [2.45, 2.75) is 38.8 Å². The maximum absolute atomic E-state index is 12.4. The van der Waals surface area contributed by atoms with Crippen molar-refractivity contribution in [3.63, 3.8) is 0 Å². The van der Waals surface area contributed by atoms with Crippen LogP contribution in [0.2, 0.25) is 0 Å². The molecule has 128 valence electrons. The zero-order valence-corrected chi connectivity index (χ0v) is 14.2. The van der Waals surface area contributed by atoms with Gasteiger partial charge in [0.25, 0.3) is 0 Å². The highest BCUT2D eigenvalue weighted by molar-refractivity contribution is 5.75. The van der Waals surface area contributed by atoms with Crippen LogP contribution in [0.4, 0.5) is 4.79 Å². The van der Waals surface area contributed by atoms with Gasteiger partial charge in [-0.05, 0) is 31.5 Å². The van der Waals surface area contributed by atoms with E-state index in [1.54, 1.807) is 4.90 Å². The molecule has 0 aromatic heterocycles. The molecule has 1 fully saturated rings. The van der Waals surface area contributed by atoms with Crippen LogP contribution in [-0.2, 0) is 0 Å². The van der Waals surface area contributed by atoms with Crippen molar-refractivity contribution >= 4 is 6.03 Å². The molecule has 0 radical (unpaired) electrons. The number of hydrogen-bond donors (Lipinski definition) is 2. The molecule has 0 spiro atoms. The summed E-state index contributed by atoms with van der Waals surface area (Å²) in [6.45, 7) is 7.53. The van der Waals surface area contributed by atoms with E-state index in [0.29, 0.717) is 6.54 Å². The molecule has 1 aromatic carbocycles. The van der Waals surface area contributed by atoms with Gasteiger partial charge in [0.05, 0.1) is 18.7 Å². The Balaban J connectivity index is 2.02. The minimum atomic E-state index is -0.0605. The summed E-state index contributed by atoms with van der Waals surface area (Å²) in [5.74, 6) is 0. The van der Waals surface area contributed by atoms with Crippen molar-refractivity contribution in [1.29, 1.82) is 0 Å². The van der Waals surface area contributed by atoms with Gasteiger partial charge in [0, 0.05) is 13.1 Å². The minimum absolute atomic E-state index is 0.0290. The fourth-order valence-corrected chi connectivity index (χ4v) is 3.38. The molecular weight excluding hydrogens is 290 g/mol. The molecule has 23 heavy (non-hydrogen) atoms. The highest BCUT2D eigenvalue weighted by Crippen LogP contribution is 2.20. The van der Waals surface area contributed by atoms with Crippen LogP contribution < -0.4 is 5.32 Å². The second-order valence-corrected chi connectivity index (χ2v) is 6.01. The zero-order chi connectivity index (χ0) is 16.7. The average molecular weight is 319 g/mol. The number of aliphatic hydroxyl groups is 1. The Morgan fingerprint density at radius 1 is 1.35 bits per heavy atom. The highest BCUT2D eigenvalue weighted by atomic mass is 16.3. The number of urea groups is 1. The third kappa shape index (κ3) is 4.45. The van der Waals surface area contributed by atoms with Crippen LogP contribution in [-0.4, -0.2) is 59.8 Å². The first-order valence-electron chi connectivity index (χ1n) is 8.65. The summed E-state index contributed by atoms with van der Waals surface area (Å²) >= 11 is 0. The van der Waals surface area contributed by atoms with E-state index >= 15 is 0 Å². The van der Waals surface area contributed by atoms with Crippen molar-refractivity contribution in [1.82, 2.24) is 15.1 Å². The van der Waals surface area contributed by atoms with Gasteiger partial charge >= 0.3 is 6.03 Å².